The topological polar surface area (TPSA) is 122 Å². The van der Waals surface area contributed by atoms with Crippen molar-refractivity contribution in [2.45, 2.75) is 21.6 Å². The van der Waals surface area contributed by atoms with E-state index in [-0.39, 0.29) is 36.9 Å². The summed E-state index contributed by atoms with van der Waals surface area (Å²) in [5.74, 6) is -0.0860. The van der Waals surface area contributed by atoms with Gasteiger partial charge in [-0.1, -0.05) is 29.3 Å². The fourth-order valence-electron chi connectivity index (χ4n) is 3.90. The highest BCUT2D eigenvalue weighted by molar-refractivity contribution is 7.98. The first-order chi connectivity index (χ1) is 20.4. The van der Waals surface area contributed by atoms with E-state index < -0.39 is 32.5 Å². The molecule has 0 spiro atoms. The maximum absolute atomic E-state index is 13.7. The molecule has 0 saturated carbocycles. The molecule has 0 heterocycles. The number of thioether (sulfide) groups is 1. The van der Waals surface area contributed by atoms with E-state index in [4.69, 9.17) is 27.9 Å². The third-order valence-corrected chi connectivity index (χ3v) is 10.7. The quantitative estimate of drug-likeness (QED) is 0.159. The molecule has 0 aliphatic rings. The van der Waals surface area contributed by atoms with Crippen molar-refractivity contribution in [3.05, 3.63) is 101 Å². The molecule has 0 saturated heterocycles. The number of amides is 1. The fourth-order valence-corrected chi connectivity index (χ4v) is 7.20. The second-order valence-electron chi connectivity index (χ2n) is 8.89. The van der Waals surface area contributed by atoms with Crippen LogP contribution in [0.3, 0.4) is 0 Å². The van der Waals surface area contributed by atoms with E-state index in [1.807, 2.05) is 13.2 Å². The van der Waals surface area contributed by atoms with Crippen LogP contribution in [-0.4, -0.2) is 42.2 Å². The van der Waals surface area contributed by atoms with Crippen molar-refractivity contribution in [2.75, 3.05) is 33.8 Å². The number of hydrogen-bond donors (Lipinski definition) is 2. The third-order valence-electron chi connectivity index (χ3n) is 6.01. The molecule has 0 aliphatic heterocycles. The number of ether oxygens (including phenoxy) is 1. The van der Waals surface area contributed by atoms with E-state index >= 15 is 0 Å². The van der Waals surface area contributed by atoms with Crippen LogP contribution in [0.4, 0.5) is 17.1 Å². The standard InChI is InChI=1S/C29H27Cl2N3O6S3/c1-3-40-22-11-9-21(10-12-22)34(43(38,39)25-17-13-23(41-2)14-18-25)19-28(35)32-20-7-15-24(16-8-20)42(36,37)33-27-6-4-5-26(30)29(27)31/h4-18,33H,3,19H2,1-2H3,(H,32,35). The molecule has 2 N–H and O–H groups in total. The maximum Gasteiger partial charge on any atom is 0.264 e. The molecule has 0 bridgehead atoms. The molecule has 4 rings (SSSR count). The number of benzene rings is 4. The number of rotatable bonds is 12. The molecule has 14 heteroatoms. The Kier molecular flexibility index (Phi) is 10.5. The zero-order valence-corrected chi connectivity index (χ0v) is 26.9. The van der Waals surface area contributed by atoms with E-state index in [0.29, 0.717) is 12.4 Å². The third kappa shape index (κ3) is 7.95. The average molecular weight is 681 g/mol. The molecular weight excluding hydrogens is 653 g/mol. The van der Waals surface area contributed by atoms with Crippen LogP contribution in [-0.2, 0) is 24.8 Å². The summed E-state index contributed by atoms with van der Waals surface area (Å²) < 4.78 is 62.0. The number of sulfonamides is 2. The molecule has 0 aliphatic carbocycles. The monoisotopic (exact) mass is 679 g/mol. The van der Waals surface area contributed by atoms with Gasteiger partial charge in [-0.25, -0.2) is 16.8 Å². The Bertz CT molecular complexity index is 1800. The molecule has 0 atom stereocenters. The lowest BCUT2D eigenvalue weighted by Crippen LogP contribution is -2.38. The molecule has 9 nitrogen and oxygen atoms in total. The van der Waals surface area contributed by atoms with E-state index in [2.05, 4.69) is 10.0 Å². The number of halogens is 2. The predicted octanol–water partition coefficient (Wildman–Crippen LogP) is 6.75. The summed E-state index contributed by atoms with van der Waals surface area (Å²) in [5, 5.41) is 2.89. The molecule has 226 valence electrons. The van der Waals surface area contributed by atoms with E-state index in [9.17, 15) is 21.6 Å². The van der Waals surface area contributed by atoms with Gasteiger partial charge in [-0.2, -0.15) is 0 Å². The van der Waals surface area contributed by atoms with Gasteiger partial charge in [-0.05, 0) is 98.1 Å². The molecule has 43 heavy (non-hydrogen) atoms. The summed E-state index contributed by atoms with van der Waals surface area (Å²) in [5.41, 5.74) is 0.642. The Morgan fingerprint density at radius 3 is 2.09 bits per heavy atom. The highest BCUT2D eigenvalue weighted by Gasteiger charge is 2.27. The lowest BCUT2D eigenvalue weighted by molar-refractivity contribution is -0.114. The summed E-state index contributed by atoms with van der Waals surface area (Å²) in [6.07, 6.45) is 1.88. The maximum atomic E-state index is 13.7. The molecule has 1 amide bonds. The first-order valence-electron chi connectivity index (χ1n) is 12.7. The number of carbonyl (C=O) groups is 1. The van der Waals surface area contributed by atoms with Gasteiger partial charge in [-0.3, -0.25) is 13.8 Å². The Morgan fingerprint density at radius 1 is 0.860 bits per heavy atom. The number of carbonyl (C=O) groups excluding carboxylic acids is 1. The summed E-state index contributed by atoms with van der Waals surface area (Å²) in [4.78, 5) is 14.0. The van der Waals surface area contributed by atoms with Crippen molar-refractivity contribution < 1.29 is 26.4 Å². The van der Waals surface area contributed by atoms with Crippen molar-refractivity contribution in [1.29, 1.82) is 0 Å². The summed E-state index contributed by atoms with van der Waals surface area (Å²) in [6.45, 7) is 1.73. The minimum atomic E-state index is -4.14. The van der Waals surface area contributed by atoms with E-state index in [1.165, 1.54) is 60.3 Å². The zero-order valence-electron chi connectivity index (χ0n) is 23.0. The number of nitrogens with one attached hydrogen (secondary N) is 2. The first kappa shape index (κ1) is 32.5. The molecule has 0 radical (unpaired) electrons. The number of anilines is 3. The van der Waals surface area contributed by atoms with E-state index in [0.717, 1.165) is 9.20 Å². The second-order valence-corrected chi connectivity index (χ2v) is 14.1. The number of hydrogen-bond acceptors (Lipinski definition) is 7. The van der Waals surface area contributed by atoms with Crippen LogP contribution in [0, 0.1) is 0 Å². The lowest BCUT2D eigenvalue weighted by atomic mass is 10.3. The van der Waals surface area contributed by atoms with Gasteiger partial charge in [0.05, 0.1) is 37.8 Å². The van der Waals surface area contributed by atoms with Crippen LogP contribution in [0.15, 0.2) is 106 Å². The minimum absolute atomic E-state index is 0.0221. The summed E-state index contributed by atoms with van der Waals surface area (Å²) >= 11 is 13.5. The molecule has 0 aromatic heterocycles. The van der Waals surface area contributed by atoms with Crippen LogP contribution in [0.25, 0.3) is 0 Å². The number of nitrogens with zero attached hydrogens (tertiary/aromatic N) is 1. The predicted molar refractivity (Wildman–Crippen MR) is 173 cm³/mol. The lowest BCUT2D eigenvalue weighted by Gasteiger charge is -2.24. The summed E-state index contributed by atoms with van der Waals surface area (Å²) in [7, 11) is -8.16. The summed E-state index contributed by atoms with van der Waals surface area (Å²) in [6, 6.07) is 22.7. The smallest absolute Gasteiger partial charge is 0.264 e. The van der Waals surface area contributed by atoms with Crippen LogP contribution >= 0.6 is 35.0 Å². The van der Waals surface area contributed by atoms with Gasteiger partial charge in [0.2, 0.25) is 5.91 Å². The van der Waals surface area contributed by atoms with Gasteiger partial charge in [0, 0.05) is 10.6 Å². The Morgan fingerprint density at radius 2 is 1.49 bits per heavy atom. The van der Waals surface area contributed by atoms with Crippen molar-refractivity contribution in [3.8, 4) is 5.75 Å². The van der Waals surface area contributed by atoms with Crippen molar-refractivity contribution >= 4 is 78.0 Å². The highest BCUT2D eigenvalue weighted by Crippen LogP contribution is 2.31. The first-order valence-corrected chi connectivity index (χ1v) is 17.6. The van der Waals surface area contributed by atoms with Gasteiger partial charge in [0.25, 0.3) is 20.0 Å². The fraction of sp³-hybridized carbons (Fsp3) is 0.138. The van der Waals surface area contributed by atoms with E-state index in [1.54, 1.807) is 42.5 Å². The van der Waals surface area contributed by atoms with Crippen molar-refractivity contribution in [1.82, 2.24) is 0 Å². The highest BCUT2D eigenvalue weighted by atomic mass is 35.5. The van der Waals surface area contributed by atoms with Crippen molar-refractivity contribution in [2.24, 2.45) is 0 Å². The molecule has 4 aromatic carbocycles. The minimum Gasteiger partial charge on any atom is -0.494 e. The van der Waals surface area contributed by atoms with Gasteiger partial charge in [-0.15, -0.1) is 11.8 Å². The molecule has 0 unspecified atom stereocenters. The van der Waals surface area contributed by atoms with Crippen LogP contribution < -0.4 is 19.1 Å². The van der Waals surface area contributed by atoms with Crippen molar-refractivity contribution in [3.63, 3.8) is 0 Å². The van der Waals surface area contributed by atoms with Gasteiger partial charge in [0.1, 0.15) is 12.3 Å². The SMILES string of the molecule is CCOc1ccc(N(CC(=O)Nc2ccc(S(=O)(=O)Nc3cccc(Cl)c3Cl)cc2)S(=O)(=O)c2ccc(SC)cc2)cc1. The molecule has 4 aromatic rings. The normalized spacial score (nSPS) is 11.5. The average Bonchev–Trinajstić information content (AvgIpc) is 2.99. The van der Waals surface area contributed by atoms with Crippen LogP contribution in [0.5, 0.6) is 5.75 Å². The van der Waals surface area contributed by atoms with Gasteiger partial charge < -0.3 is 10.1 Å². The van der Waals surface area contributed by atoms with Crippen LogP contribution in [0.1, 0.15) is 6.92 Å². The molecule has 0 fully saturated rings. The van der Waals surface area contributed by atoms with Gasteiger partial charge in [0.15, 0.2) is 0 Å². The zero-order chi connectivity index (χ0) is 31.2. The second kappa shape index (κ2) is 13.9. The Balaban J connectivity index is 1.54. The Labute approximate surface area is 265 Å². The largest absolute Gasteiger partial charge is 0.494 e. The Hall–Kier alpha value is -3.42. The molecular formula is C29H27Cl2N3O6S3. The van der Waals surface area contributed by atoms with Gasteiger partial charge >= 0.3 is 0 Å². The van der Waals surface area contributed by atoms with Crippen LogP contribution in [0.2, 0.25) is 10.0 Å².